The first-order chi connectivity index (χ1) is 12.0. The lowest BCUT2D eigenvalue weighted by atomic mass is 9.88. The van der Waals surface area contributed by atoms with Gasteiger partial charge in [0.05, 0.1) is 11.7 Å². The maximum absolute atomic E-state index is 12.7. The third kappa shape index (κ3) is 4.65. The molecule has 1 heterocycles. The normalized spacial score (nSPS) is 19.7. The Kier molecular flexibility index (Phi) is 5.82. The summed E-state index contributed by atoms with van der Waals surface area (Å²) in [6.45, 7) is 3.90. The molecule has 2 atom stereocenters. The molecule has 0 N–H and O–H groups in total. The van der Waals surface area contributed by atoms with Crippen molar-refractivity contribution in [1.82, 2.24) is 0 Å². The molecular weight excluding hydrogens is 355 g/mol. The molecule has 3 rings (SSSR count). The van der Waals surface area contributed by atoms with Gasteiger partial charge < -0.3 is 4.74 Å². The summed E-state index contributed by atoms with van der Waals surface area (Å²) in [7, 11) is 0. The molecule has 4 heteroatoms. The second kappa shape index (κ2) is 8.07. The number of allylic oxidation sites excluding steroid dienone is 1. The van der Waals surface area contributed by atoms with E-state index in [4.69, 9.17) is 27.9 Å². The van der Waals surface area contributed by atoms with Crippen molar-refractivity contribution in [3.8, 4) is 0 Å². The Morgan fingerprint density at radius 3 is 2.28 bits per heavy atom. The van der Waals surface area contributed by atoms with Crippen molar-refractivity contribution >= 4 is 29.0 Å². The Bertz CT molecular complexity index is 750. The number of ether oxygens (including phenoxy) is 1. The molecule has 0 aliphatic carbocycles. The van der Waals surface area contributed by atoms with E-state index in [-0.39, 0.29) is 17.8 Å². The molecule has 0 spiro atoms. The molecule has 1 saturated heterocycles. The maximum atomic E-state index is 12.7. The molecule has 25 heavy (non-hydrogen) atoms. The largest absolute Gasteiger partial charge is 0.490 e. The Morgan fingerprint density at radius 2 is 1.64 bits per heavy atom. The summed E-state index contributed by atoms with van der Waals surface area (Å²) in [5, 5.41) is 1.40. The Morgan fingerprint density at radius 1 is 1.04 bits per heavy atom. The van der Waals surface area contributed by atoms with E-state index >= 15 is 0 Å². The van der Waals surface area contributed by atoms with Crippen molar-refractivity contribution in [2.75, 3.05) is 0 Å². The minimum absolute atomic E-state index is 0.168. The molecule has 0 amide bonds. The SMILES string of the molecule is C=C1C[C@@H](C(=O)CCCc2ccc(Cl)cc2)[C@H](c2ccc(Cl)cc2)O1. The van der Waals surface area contributed by atoms with Crippen LogP contribution in [0.5, 0.6) is 0 Å². The number of carbonyl (C=O) groups is 1. The first-order valence-electron chi connectivity index (χ1n) is 8.40. The number of aryl methyl sites for hydroxylation is 1. The van der Waals surface area contributed by atoms with Crippen LogP contribution in [0, 0.1) is 5.92 Å². The van der Waals surface area contributed by atoms with Crippen LogP contribution in [0.3, 0.4) is 0 Å². The zero-order valence-electron chi connectivity index (χ0n) is 13.9. The van der Waals surface area contributed by atoms with Gasteiger partial charge in [-0.1, -0.05) is 54.0 Å². The standard InChI is InChI=1S/C21H20Cl2O2/c1-14-13-19(21(25-14)16-7-11-18(23)12-8-16)20(24)4-2-3-15-5-9-17(22)10-6-15/h5-12,19,21H,1-4,13H2/t19-,21-/m0/s1. The minimum Gasteiger partial charge on any atom is -0.490 e. The van der Waals surface area contributed by atoms with E-state index in [0.717, 1.165) is 23.4 Å². The Hall–Kier alpha value is -1.77. The molecule has 0 bridgehead atoms. The fourth-order valence-corrected chi connectivity index (χ4v) is 3.45. The van der Waals surface area contributed by atoms with Crippen LogP contribution in [-0.2, 0) is 16.0 Å². The second-order valence-electron chi connectivity index (χ2n) is 6.39. The number of hydrogen-bond donors (Lipinski definition) is 0. The first kappa shape index (κ1) is 18.0. The number of ketones is 1. The van der Waals surface area contributed by atoms with E-state index in [1.807, 2.05) is 48.5 Å². The fraction of sp³-hybridized carbons (Fsp3) is 0.286. The zero-order chi connectivity index (χ0) is 17.8. The highest BCUT2D eigenvalue weighted by atomic mass is 35.5. The number of rotatable bonds is 6. The highest BCUT2D eigenvalue weighted by molar-refractivity contribution is 6.30. The molecular formula is C21H20Cl2O2. The summed E-state index contributed by atoms with van der Waals surface area (Å²) in [6.07, 6.45) is 2.55. The van der Waals surface area contributed by atoms with E-state index in [9.17, 15) is 4.79 Å². The molecule has 130 valence electrons. The van der Waals surface area contributed by atoms with Crippen LogP contribution in [0.15, 0.2) is 60.9 Å². The summed E-state index contributed by atoms with van der Waals surface area (Å²) in [4.78, 5) is 12.7. The molecule has 0 radical (unpaired) electrons. The van der Waals surface area contributed by atoms with Gasteiger partial charge in [-0.05, 0) is 48.2 Å². The van der Waals surface area contributed by atoms with E-state index in [0.29, 0.717) is 23.6 Å². The maximum Gasteiger partial charge on any atom is 0.140 e. The topological polar surface area (TPSA) is 26.3 Å². The van der Waals surface area contributed by atoms with Crippen molar-refractivity contribution in [3.05, 3.63) is 82.0 Å². The molecule has 1 fully saturated rings. The van der Waals surface area contributed by atoms with Crippen molar-refractivity contribution in [2.24, 2.45) is 5.92 Å². The molecule has 0 aromatic heterocycles. The minimum atomic E-state index is -0.257. The van der Waals surface area contributed by atoms with Crippen molar-refractivity contribution < 1.29 is 9.53 Å². The highest BCUT2D eigenvalue weighted by Gasteiger charge is 2.37. The summed E-state index contributed by atoms with van der Waals surface area (Å²) >= 11 is 11.8. The van der Waals surface area contributed by atoms with Gasteiger partial charge in [-0.25, -0.2) is 0 Å². The van der Waals surface area contributed by atoms with Crippen LogP contribution < -0.4 is 0 Å². The third-order valence-electron chi connectivity index (χ3n) is 4.52. The van der Waals surface area contributed by atoms with Crippen LogP contribution in [0.2, 0.25) is 10.0 Å². The van der Waals surface area contributed by atoms with E-state index < -0.39 is 0 Å². The van der Waals surface area contributed by atoms with Gasteiger partial charge in [0.25, 0.3) is 0 Å². The van der Waals surface area contributed by atoms with Crippen molar-refractivity contribution in [2.45, 2.75) is 31.8 Å². The van der Waals surface area contributed by atoms with Gasteiger partial charge in [0.2, 0.25) is 0 Å². The number of benzene rings is 2. The van der Waals surface area contributed by atoms with E-state index in [2.05, 4.69) is 6.58 Å². The average Bonchev–Trinajstić information content (AvgIpc) is 2.99. The lowest BCUT2D eigenvalue weighted by Gasteiger charge is -2.18. The molecule has 2 aromatic carbocycles. The van der Waals surface area contributed by atoms with Gasteiger partial charge in [0, 0.05) is 22.9 Å². The lowest BCUT2D eigenvalue weighted by molar-refractivity contribution is -0.124. The van der Waals surface area contributed by atoms with E-state index in [1.165, 1.54) is 5.56 Å². The Balaban J connectivity index is 1.60. The first-order valence-corrected chi connectivity index (χ1v) is 9.15. The van der Waals surface area contributed by atoms with Gasteiger partial charge in [-0.3, -0.25) is 4.79 Å². The van der Waals surface area contributed by atoms with Crippen LogP contribution in [0.25, 0.3) is 0 Å². The summed E-state index contributed by atoms with van der Waals surface area (Å²) in [5.74, 6) is 0.738. The summed E-state index contributed by atoms with van der Waals surface area (Å²) in [5.41, 5.74) is 2.16. The number of hydrogen-bond acceptors (Lipinski definition) is 2. The number of halogens is 2. The van der Waals surface area contributed by atoms with Crippen LogP contribution in [0.1, 0.15) is 36.5 Å². The molecule has 0 saturated carbocycles. The molecule has 2 nitrogen and oxygen atoms in total. The average molecular weight is 375 g/mol. The molecule has 2 aromatic rings. The van der Waals surface area contributed by atoms with Gasteiger partial charge >= 0.3 is 0 Å². The smallest absolute Gasteiger partial charge is 0.140 e. The number of Topliss-reactive ketones (excluding diaryl/α,β-unsaturated/α-hetero) is 1. The molecule has 0 unspecified atom stereocenters. The fourth-order valence-electron chi connectivity index (χ4n) is 3.20. The summed E-state index contributed by atoms with van der Waals surface area (Å²) in [6, 6.07) is 15.2. The predicted molar refractivity (Wildman–Crippen MR) is 102 cm³/mol. The zero-order valence-corrected chi connectivity index (χ0v) is 15.4. The second-order valence-corrected chi connectivity index (χ2v) is 7.26. The highest BCUT2D eigenvalue weighted by Crippen LogP contribution is 2.41. The Labute approximate surface area is 158 Å². The molecule has 1 aliphatic heterocycles. The molecule has 1 aliphatic rings. The van der Waals surface area contributed by atoms with Crippen LogP contribution in [0.4, 0.5) is 0 Å². The van der Waals surface area contributed by atoms with Crippen molar-refractivity contribution in [3.63, 3.8) is 0 Å². The van der Waals surface area contributed by atoms with Gasteiger partial charge in [-0.15, -0.1) is 0 Å². The van der Waals surface area contributed by atoms with Gasteiger partial charge in [-0.2, -0.15) is 0 Å². The third-order valence-corrected chi connectivity index (χ3v) is 5.02. The van der Waals surface area contributed by atoms with Gasteiger partial charge in [0.15, 0.2) is 0 Å². The quantitative estimate of drug-likeness (QED) is 0.603. The predicted octanol–water partition coefficient (Wildman–Crippen LogP) is 6.18. The number of carbonyl (C=O) groups excluding carboxylic acids is 1. The lowest BCUT2D eigenvalue weighted by Crippen LogP contribution is -2.18. The van der Waals surface area contributed by atoms with E-state index in [1.54, 1.807) is 0 Å². The van der Waals surface area contributed by atoms with Gasteiger partial charge in [0.1, 0.15) is 11.9 Å². The van der Waals surface area contributed by atoms with Crippen LogP contribution >= 0.6 is 23.2 Å². The van der Waals surface area contributed by atoms with Crippen LogP contribution in [-0.4, -0.2) is 5.78 Å². The monoisotopic (exact) mass is 374 g/mol. The van der Waals surface area contributed by atoms with Crippen molar-refractivity contribution in [1.29, 1.82) is 0 Å². The summed E-state index contributed by atoms with van der Waals surface area (Å²) < 4.78 is 5.83.